The number of hydrogen-bond acceptors (Lipinski definition) is 3. The predicted molar refractivity (Wildman–Crippen MR) is 91.0 cm³/mol. The molecule has 0 aromatic heterocycles. The summed E-state index contributed by atoms with van der Waals surface area (Å²) >= 11 is 5.99. The van der Waals surface area contributed by atoms with Gasteiger partial charge in [-0.15, -0.1) is 8.42 Å². The lowest BCUT2D eigenvalue weighted by atomic mass is 10.1. The number of halogens is 1. The minimum absolute atomic E-state index is 0.247. The van der Waals surface area contributed by atoms with Crippen molar-refractivity contribution in [3.8, 4) is 0 Å². The summed E-state index contributed by atoms with van der Waals surface area (Å²) in [5, 5.41) is 3.05. The molecular formula is C15H16ClN2O4S+. The van der Waals surface area contributed by atoms with E-state index in [-0.39, 0.29) is 11.3 Å². The number of nitrogens with one attached hydrogen (secondary N) is 1. The first-order chi connectivity index (χ1) is 10.6. The Hall–Kier alpha value is -1.93. The van der Waals surface area contributed by atoms with Gasteiger partial charge in [-0.2, -0.15) is 3.89 Å². The van der Waals surface area contributed by atoms with Gasteiger partial charge in [0.2, 0.25) is 0 Å². The first kappa shape index (κ1) is 17.4. The lowest BCUT2D eigenvalue weighted by Gasteiger charge is -2.24. The van der Waals surface area contributed by atoms with Crippen LogP contribution in [0.3, 0.4) is 0 Å². The largest absolute Gasteiger partial charge is 0.437 e. The van der Waals surface area contributed by atoms with Crippen molar-refractivity contribution in [2.45, 2.75) is 0 Å². The molecule has 1 amide bonds. The van der Waals surface area contributed by atoms with Gasteiger partial charge in [0.05, 0.1) is 24.8 Å². The predicted octanol–water partition coefficient (Wildman–Crippen LogP) is 2.96. The Morgan fingerprint density at radius 3 is 2.39 bits per heavy atom. The van der Waals surface area contributed by atoms with Gasteiger partial charge in [0.25, 0.3) is 5.91 Å². The molecule has 0 saturated carbocycles. The molecule has 0 bridgehead atoms. The number of benzene rings is 2. The molecule has 0 aliphatic carbocycles. The van der Waals surface area contributed by atoms with Crippen LogP contribution in [-0.2, 0) is 10.3 Å². The number of rotatable bonds is 4. The zero-order valence-corrected chi connectivity index (χ0v) is 14.1. The number of carbonyl (C=O) groups excluding carboxylic acids is 1. The summed E-state index contributed by atoms with van der Waals surface area (Å²) in [5.41, 5.74) is 0.949. The van der Waals surface area contributed by atoms with E-state index in [9.17, 15) is 17.8 Å². The Kier molecular flexibility index (Phi) is 4.76. The molecule has 23 heavy (non-hydrogen) atoms. The van der Waals surface area contributed by atoms with Crippen LogP contribution < -0.4 is 9.21 Å². The summed E-state index contributed by atoms with van der Waals surface area (Å²) in [6, 6.07) is 12.8. The minimum Gasteiger partial charge on any atom is -0.321 e. The van der Waals surface area contributed by atoms with Gasteiger partial charge in [0.1, 0.15) is 5.69 Å². The number of quaternary nitrogens is 1. The highest BCUT2D eigenvalue weighted by atomic mass is 35.5. The topological polar surface area (TPSA) is 83.5 Å². The molecule has 6 nitrogen and oxygen atoms in total. The third kappa shape index (κ3) is 3.70. The monoisotopic (exact) mass is 355 g/mol. The second-order valence-corrected chi connectivity index (χ2v) is 7.50. The first-order valence-electron chi connectivity index (χ1n) is 6.61. The second-order valence-electron chi connectivity index (χ2n) is 5.28. The summed E-state index contributed by atoms with van der Waals surface area (Å²) in [6.07, 6.45) is 0. The van der Waals surface area contributed by atoms with E-state index in [2.05, 4.69) is 5.32 Å². The van der Waals surface area contributed by atoms with Crippen LogP contribution in [0.1, 0.15) is 10.4 Å². The molecule has 0 heterocycles. The lowest BCUT2D eigenvalue weighted by molar-refractivity contribution is 0.102. The van der Waals surface area contributed by atoms with Crippen molar-refractivity contribution in [3.05, 3.63) is 59.1 Å². The van der Waals surface area contributed by atoms with Gasteiger partial charge in [0.15, 0.2) is 0 Å². The molecule has 0 spiro atoms. The average Bonchev–Trinajstić information content (AvgIpc) is 2.48. The van der Waals surface area contributed by atoms with E-state index in [1.807, 2.05) is 0 Å². The number of anilines is 1. The zero-order chi connectivity index (χ0) is 17.3. The fraction of sp³-hybridized carbons (Fsp3) is 0.133. The Bertz CT molecular complexity index is 850. The average molecular weight is 356 g/mol. The molecule has 0 unspecified atom stereocenters. The lowest BCUT2D eigenvalue weighted by Crippen LogP contribution is -2.46. The number of nitrogens with zero attached hydrogens (tertiary/aromatic N) is 1. The molecule has 2 N–H and O–H groups in total. The number of carbonyl (C=O) groups is 1. The summed E-state index contributed by atoms with van der Waals surface area (Å²) in [6.45, 7) is 0. The second kappa shape index (κ2) is 6.29. The van der Waals surface area contributed by atoms with Crippen LogP contribution in [0.25, 0.3) is 0 Å². The SMILES string of the molecule is C[N+](C)(c1cccc(C(=O)Nc2ccccc2Cl)c1)S(=O)(=O)O. The van der Waals surface area contributed by atoms with Gasteiger partial charge >= 0.3 is 10.3 Å². The summed E-state index contributed by atoms with van der Waals surface area (Å²) in [4.78, 5) is 12.3. The van der Waals surface area contributed by atoms with E-state index in [0.717, 1.165) is 0 Å². The normalized spacial score (nSPS) is 12.0. The van der Waals surface area contributed by atoms with E-state index in [1.54, 1.807) is 36.4 Å². The number of para-hydroxylation sites is 1. The van der Waals surface area contributed by atoms with Crippen LogP contribution in [0.5, 0.6) is 0 Å². The third-order valence-electron chi connectivity index (χ3n) is 3.43. The smallest absolute Gasteiger partial charge is 0.321 e. The van der Waals surface area contributed by atoms with Crippen molar-refractivity contribution < 1.29 is 17.8 Å². The molecule has 0 atom stereocenters. The van der Waals surface area contributed by atoms with Crippen molar-refractivity contribution in [1.29, 1.82) is 0 Å². The highest BCUT2D eigenvalue weighted by Gasteiger charge is 2.34. The van der Waals surface area contributed by atoms with Crippen LogP contribution in [0.4, 0.5) is 11.4 Å². The van der Waals surface area contributed by atoms with Crippen LogP contribution >= 0.6 is 11.6 Å². The van der Waals surface area contributed by atoms with Crippen LogP contribution in [0.2, 0.25) is 5.02 Å². The Balaban J connectivity index is 2.34. The summed E-state index contributed by atoms with van der Waals surface area (Å²) in [7, 11) is -1.77. The molecule has 0 aliphatic heterocycles. The third-order valence-corrected chi connectivity index (χ3v) is 5.12. The fourth-order valence-electron chi connectivity index (χ4n) is 1.87. The molecule has 0 radical (unpaired) electrons. The molecule has 122 valence electrons. The van der Waals surface area contributed by atoms with Crippen molar-refractivity contribution in [2.24, 2.45) is 0 Å². The maximum absolute atomic E-state index is 12.3. The van der Waals surface area contributed by atoms with E-state index in [4.69, 9.17) is 11.6 Å². The highest BCUT2D eigenvalue weighted by molar-refractivity contribution is 7.85. The molecule has 0 aliphatic rings. The van der Waals surface area contributed by atoms with Crippen molar-refractivity contribution in [2.75, 3.05) is 19.4 Å². The maximum atomic E-state index is 12.3. The maximum Gasteiger partial charge on any atom is 0.437 e. The Labute approximate surface area is 139 Å². The molecule has 2 aromatic rings. The van der Waals surface area contributed by atoms with E-state index in [1.165, 1.54) is 26.2 Å². The highest BCUT2D eigenvalue weighted by Crippen LogP contribution is 2.25. The molecular weight excluding hydrogens is 340 g/mol. The van der Waals surface area contributed by atoms with Gasteiger partial charge in [-0.25, -0.2) is 4.55 Å². The van der Waals surface area contributed by atoms with Crippen LogP contribution in [0.15, 0.2) is 48.5 Å². The van der Waals surface area contributed by atoms with Crippen molar-refractivity contribution in [3.63, 3.8) is 0 Å². The van der Waals surface area contributed by atoms with Gasteiger partial charge in [-0.05, 0) is 18.2 Å². The Morgan fingerprint density at radius 1 is 1.13 bits per heavy atom. The van der Waals surface area contributed by atoms with Crippen molar-refractivity contribution in [1.82, 2.24) is 3.89 Å². The van der Waals surface area contributed by atoms with Gasteiger partial charge in [0, 0.05) is 17.7 Å². The summed E-state index contributed by atoms with van der Waals surface area (Å²) < 4.78 is 31.5. The zero-order valence-electron chi connectivity index (χ0n) is 12.5. The molecule has 8 heteroatoms. The van der Waals surface area contributed by atoms with E-state index >= 15 is 0 Å². The molecule has 0 saturated heterocycles. The van der Waals surface area contributed by atoms with E-state index in [0.29, 0.717) is 10.7 Å². The van der Waals surface area contributed by atoms with Crippen LogP contribution in [0, 0.1) is 0 Å². The van der Waals surface area contributed by atoms with E-state index < -0.39 is 20.1 Å². The van der Waals surface area contributed by atoms with Gasteiger partial charge in [-0.1, -0.05) is 29.8 Å². The number of amides is 1. The summed E-state index contributed by atoms with van der Waals surface area (Å²) in [5.74, 6) is -0.435. The molecule has 0 fully saturated rings. The molecule has 2 rings (SSSR count). The Morgan fingerprint density at radius 2 is 1.78 bits per heavy atom. The van der Waals surface area contributed by atoms with Crippen LogP contribution in [-0.4, -0.2) is 33.0 Å². The number of hydrogen-bond donors (Lipinski definition) is 2. The standard InChI is InChI=1S/C15H15ClN2O4S/c1-18(2,23(20,21)22)12-7-5-6-11(10-12)15(19)17-14-9-4-3-8-13(14)16/h3-10H,1-2H3,(H-,17,19,20,21,22)/p+1. The quantitative estimate of drug-likeness (QED) is 0.652. The fourth-order valence-corrected chi connectivity index (χ4v) is 2.44. The van der Waals surface area contributed by atoms with Gasteiger partial charge < -0.3 is 5.32 Å². The minimum atomic E-state index is -4.38. The first-order valence-corrected chi connectivity index (χ1v) is 8.38. The van der Waals surface area contributed by atoms with Gasteiger partial charge in [-0.3, -0.25) is 4.79 Å². The molecule has 2 aromatic carbocycles. The van der Waals surface area contributed by atoms with Crippen molar-refractivity contribution >= 4 is 39.2 Å².